The van der Waals surface area contributed by atoms with Gasteiger partial charge in [-0.15, -0.1) is 0 Å². The molecule has 148 valence electrons. The molecule has 0 N–H and O–H groups in total. The zero-order chi connectivity index (χ0) is 19.9. The number of ether oxygens (including phenoxy) is 1. The Morgan fingerprint density at radius 1 is 1.08 bits per heavy atom. The number of nitrogens with zero attached hydrogens (tertiary/aromatic N) is 1. The third-order valence-corrected chi connectivity index (χ3v) is 4.75. The van der Waals surface area contributed by atoms with Crippen LogP contribution in [0.5, 0.6) is 0 Å². The molecule has 0 spiro atoms. The first kappa shape index (κ1) is 24.0. The Labute approximate surface area is 152 Å². The highest BCUT2D eigenvalue weighted by atomic mass is 32.2. The summed E-state index contributed by atoms with van der Waals surface area (Å²) in [7, 11) is -1.71. The number of ketones is 1. The summed E-state index contributed by atoms with van der Waals surface area (Å²) in [5, 5.41) is 0. The number of hydrogen-bond donors (Lipinski definition) is 0. The molecule has 0 saturated carbocycles. The minimum atomic E-state index is -3.53. The Balaban J connectivity index is 5.51. The summed E-state index contributed by atoms with van der Waals surface area (Å²) in [4.78, 5) is 26.3. The van der Waals surface area contributed by atoms with Gasteiger partial charge in [-0.2, -0.15) is 8.42 Å². The van der Waals surface area contributed by atoms with Crippen LogP contribution in [0.3, 0.4) is 0 Å². The number of carbonyl (C=O) groups excluding carboxylic acids is 2. The number of carbonyl (C=O) groups is 2. The number of esters is 1. The maximum atomic E-state index is 12.8. The molecule has 25 heavy (non-hydrogen) atoms. The summed E-state index contributed by atoms with van der Waals surface area (Å²) in [6.07, 6.45) is 0.653. The molecule has 3 atom stereocenters. The fourth-order valence-electron chi connectivity index (χ4n) is 2.49. The number of likely N-dealkylation sites (N-methyl/N-ethyl adjacent to an activating group) is 1. The van der Waals surface area contributed by atoms with Gasteiger partial charge >= 0.3 is 5.97 Å². The van der Waals surface area contributed by atoms with E-state index in [0.717, 1.165) is 6.26 Å². The lowest BCUT2D eigenvalue weighted by atomic mass is 9.87. The second-order valence-corrected chi connectivity index (χ2v) is 8.77. The van der Waals surface area contributed by atoms with Gasteiger partial charge in [-0.3, -0.25) is 18.7 Å². The average molecular weight is 380 g/mol. The topological polar surface area (TPSA) is 90.0 Å². The van der Waals surface area contributed by atoms with Gasteiger partial charge in [0.15, 0.2) is 5.78 Å². The number of hydrogen-bond acceptors (Lipinski definition) is 7. The van der Waals surface area contributed by atoms with Crippen molar-refractivity contribution < 1.29 is 26.9 Å². The van der Waals surface area contributed by atoms with Crippen LogP contribution < -0.4 is 0 Å². The quantitative estimate of drug-likeness (QED) is 0.400. The van der Waals surface area contributed by atoms with Crippen LogP contribution >= 0.6 is 0 Å². The van der Waals surface area contributed by atoms with E-state index in [0.29, 0.717) is 6.42 Å². The minimum absolute atomic E-state index is 0.0154. The molecular weight excluding hydrogens is 346 g/mol. The summed E-state index contributed by atoms with van der Waals surface area (Å²) in [5.41, 5.74) is 0. The molecule has 0 heterocycles. The van der Waals surface area contributed by atoms with Crippen molar-refractivity contribution in [1.82, 2.24) is 4.90 Å². The number of rotatable bonds is 11. The van der Waals surface area contributed by atoms with E-state index in [9.17, 15) is 18.0 Å². The predicted molar refractivity (Wildman–Crippen MR) is 96.7 cm³/mol. The molecule has 0 aliphatic carbocycles. The highest BCUT2D eigenvalue weighted by molar-refractivity contribution is 7.85. The van der Waals surface area contributed by atoms with Gasteiger partial charge in [0.2, 0.25) is 0 Å². The molecule has 2 unspecified atom stereocenters. The van der Waals surface area contributed by atoms with Crippen LogP contribution in [-0.4, -0.2) is 63.2 Å². The normalized spacial score (nSPS) is 16.1. The van der Waals surface area contributed by atoms with Gasteiger partial charge in [-0.05, 0) is 33.2 Å². The molecule has 0 radical (unpaired) electrons. The monoisotopic (exact) mass is 379 g/mol. The van der Waals surface area contributed by atoms with E-state index in [1.165, 1.54) is 6.92 Å². The zero-order valence-corrected chi connectivity index (χ0v) is 17.4. The predicted octanol–water partition coefficient (Wildman–Crippen LogP) is 1.85. The van der Waals surface area contributed by atoms with Crippen LogP contribution in [0.15, 0.2) is 0 Å². The lowest BCUT2D eigenvalue weighted by Crippen LogP contribution is -2.54. The van der Waals surface area contributed by atoms with E-state index in [1.807, 2.05) is 46.6 Å². The van der Waals surface area contributed by atoms with E-state index in [4.69, 9.17) is 8.92 Å². The van der Waals surface area contributed by atoms with Crippen molar-refractivity contribution in [2.45, 2.75) is 66.2 Å². The smallest absolute Gasteiger partial charge is 0.302 e. The van der Waals surface area contributed by atoms with Crippen molar-refractivity contribution >= 4 is 21.9 Å². The fourth-order valence-corrected chi connectivity index (χ4v) is 2.89. The third-order valence-electron chi connectivity index (χ3n) is 4.16. The van der Waals surface area contributed by atoms with Crippen molar-refractivity contribution in [3.05, 3.63) is 0 Å². The summed E-state index contributed by atoms with van der Waals surface area (Å²) in [5.74, 6) is -0.957. The van der Waals surface area contributed by atoms with Crippen LogP contribution in [-0.2, 0) is 28.6 Å². The zero-order valence-electron chi connectivity index (χ0n) is 16.6. The first-order chi connectivity index (χ1) is 11.3. The molecule has 0 saturated heterocycles. The molecule has 0 bridgehead atoms. The SMILES string of the molecule is CC(=O)OC(C(C(=O)C(C)C)N(C)C(C)C)[C@H](C)CCOS(C)(=O)=O. The Morgan fingerprint density at radius 2 is 1.60 bits per heavy atom. The van der Waals surface area contributed by atoms with E-state index in [-0.39, 0.29) is 30.3 Å². The molecule has 0 aromatic rings. The average Bonchev–Trinajstić information content (AvgIpc) is 2.43. The Hall–Kier alpha value is -0.990. The lowest BCUT2D eigenvalue weighted by molar-refractivity contribution is -0.157. The molecule has 0 aromatic carbocycles. The highest BCUT2D eigenvalue weighted by Crippen LogP contribution is 2.24. The Kier molecular flexibility index (Phi) is 9.82. The minimum Gasteiger partial charge on any atom is -0.460 e. The van der Waals surface area contributed by atoms with Crippen LogP contribution in [0.2, 0.25) is 0 Å². The maximum Gasteiger partial charge on any atom is 0.302 e. The van der Waals surface area contributed by atoms with Crippen LogP contribution in [0.25, 0.3) is 0 Å². The van der Waals surface area contributed by atoms with Gasteiger partial charge in [0.1, 0.15) is 12.1 Å². The number of Topliss-reactive ketones (excluding diaryl/α,β-unsaturated/α-hetero) is 1. The van der Waals surface area contributed by atoms with Gasteiger partial charge in [-0.25, -0.2) is 0 Å². The standard InChI is InChI=1S/C17H33NO6S/c1-11(2)16(20)15(18(7)12(3)4)17(24-14(6)19)13(5)9-10-23-25(8,21)22/h11-13,15,17H,9-10H2,1-8H3/t13-,15?,17?/m1/s1. The second kappa shape index (κ2) is 10.2. The molecule has 0 rings (SSSR count). The van der Waals surface area contributed by atoms with Crippen LogP contribution in [0, 0.1) is 11.8 Å². The molecule has 0 amide bonds. The van der Waals surface area contributed by atoms with E-state index in [2.05, 4.69) is 0 Å². The van der Waals surface area contributed by atoms with Crippen molar-refractivity contribution in [1.29, 1.82) is 0 Å². The summed E-state index contributed by atoms with van der Waals surface area (Å²) < 4.78 is 32.5. The highest BCUT2D eigenvalue weighted by Gasteiger charge is 2.39. The van der Waals surface area contributed by atoms with E-state index in [1.54, 1.807) is 0 Å². The van der Waals surface area contributed by atoms with Crippen molar-refractivity contribution in [3.8, 4) is 0 Å². The maximum absolute atomic E-state index is 12.8. The van der Waals surface area contributed by atoms with E-state index >= 15 is 0 Å². The molecule has 8 heteroatoms. The lowest BCUT2D eigenvalue weighted by Gasteiger charge is -2.38. The van der Waals surface area contributed by atoms with Crippen molar-refractivity contribution in [2.75, 3.05) is 19.9 Å². The molecule has 0 fully saturated rings. The van der Waals surface area contributed by atoms with E-state index < -0.39 is 28.2 Å². The fraction of sp³-hybridized carbons (Fsp3) is 0.882. The first-order valence-corrected chi connectivity index (χ1v) is 10.4. The molecule has 0 aliphatic rings. The van der Waals surface area contributed by atoms with Gasteiger partial charge in [0.05, 0.1) is 12.9 Å². The molecule has 7 nitrogen and oxygen atoms in total. The van der Waals surface area contributed by atoms with Crippen LogP contribution in [0.1, 0.15) is 48.0 Å². The van der Waals surface area contributed by atoms with Crippen molar-refractivity contribution in [2.24, 2.45) is 11.8 Å². The molecular formula is C17H33NO6S. The third kappa shape index (κ3) is 8.78. The van der Waals surface area contributed by atoms with Crippen LogP contribution in [0.4, 0.5) is 0 Å². The summed E-state index contributed by atoms with van der Waals surface area (Å²) >= 11 is 0. The largest absolute Gasteiger partial charge is 0.460 e. The molecule has 0 aromatic heterocycles. The Morgan fingerprint density at radius 3 is 1.96 bits per heavy atom. The van der Waals surface area contributed by atoms with Gasteiger partial charge < -0.3 is 4.74 Å². The van der Waals surface area contributed by atoms with Gasteiger partial charge in [0, 0.05) is 18.9 Å². The summed E-state index contributed by atoms with van der Waals surface area (Å²) in [6.45, 7) is 10.7. The summed E-state index contributed by atoms with van der Waals surface area (Å²) in [6, 6.07) is -0.526. The molecule has 0 aliphatic heterocycles. The van der Waals surface area contributed by atoms with Gasteiger partial charge in [0.25, 0.3) is 10.1 Å². The van der Waals surface area contributed by atoms with Crippen molar-refractivity contribution in [3.63, 3.8) is 0 Å². The first-order valence-electron chi connectivity index (χ1n) is 8.55. The second-order valence-electron chi connectivity index (χ2n) is 7.13. The Bertz CT molecular complexity index is 543. The van der Waals surface area contributed by atoms with Gasteiger partial charge in [-0.1, -0.05) is 20.8 Å².